The number of hydrogen-bond donors (Lipinski definition) is 1. The van der Waals surface area contributed by atoms with E-state index in [1.54, 1.807) is 12.0 Å². The molecule has 1 aliphatic heterocycles. The van der Waals surface area contributed by atoms with Crippen LogP contribution in [-0.4, -0.2) is 93.8 Å². The molecule has 0 bridgehead atoms. The number of carbonyl (C=O) groups excluding carboxylic acids is 1. The molecule has 0 radical (unpaired) electrons. The largest absolute Gasteiger partial charge is 0.497 e. The molecule has 1 aromatic carbocycles. The Morgan fingerprint density at radius 2 is 1.76 bits per heavy atom. The van der Waals surface area contributed by atoms with Gasteiger partial charge in [-0.15, -0.1) is 0 Å². The van der Waals surface area contributed by atoms with E-state index in [4.69, 9.17) is 14.5 Å². The van der Waals surface area contributed by atoms with E-state index in [1.807, 2.05) is 19.1 Å². The van der Waals surface area contributed by atoms with Crippen molar-refractivity contribution in [1.29, 1.82) is 0 Å². The first-order valence-corrected chi connectivity index (χ1v) is 10.2. The van der Waals surface area contributed by atoms with Gasteiger partial charge in [0.25, 0.3) is 0 Å². The summed E-state index contributed by atoms with van der Waals surface area (Å²) < 4.78 is 10.4. The first-order valence-electron chi connectivity index (χ1n) is 10.2. The predicted octanol–water partition coefficient (Wildman–Crippen LogP) is 2.04. The van der Waals surface area contributed by atoms with Gasteiger partial charge in [-0.25, -0.2) is 4.79 Å². The maximum atomic E-state index is 11.9. The Morgan fingerprint density at radius 1 is 1.14 bits per heavy atom. The van der Waals surface area contributed by atoms with Crippen molar-refractivity contribution in [2.24, 2.45) is 4.99 Å². The number of likely N-dealkylation sites (N-methyl/N-ethyl adjacent to an activating group) is 1. The third kappa shape index (κ3) is 6.52. The number of nitrogens with zero attached hydrogens (tertiary/aromatic N) is 4. The Hall–Kier alpha value is -2.48. The molecule has 0 saturated carbocycles. The highest BCUT2D eigenvalue weighted by Gasteiger charge is 2.24. The highest BCUT2D eigenvalue weighted by atomic mass is 16.6. The van der Waals surface area contributed by atoms with Crippen LogP contribution in [-0.2, 0) is 4.74 Å². The fourth-order valence-corrected chi connectivity index (χ4v) is 3.31. The van der Waals surface area contributed by atoms with Crippen LogP contribution in [0.3, 0.4) is 0 Å². The number of guanidine groups is 1. The number of methoxy groups -OCH3 is 1. The van der Waals surface area contributed by atoms with Gasteiger partial charge in [-0.2, -0.15) is 0 Å². The van der Waals surface area contributed by atoms with Crippen molar-refractivity contribution in [3.8, 4) is 5.75 Å². The highest BCUT2D eigenvalue weighted by molar-refractivity contribution is 5.80. The molecule has 29 heavy (non-hydrogen) atoms. The van der Waals surface area contributed by atoms with Gasteiger partial charge >= 0.3 is 6.09 Å². The fraction of sp³-hybridized carbons (Fsp3) is 0.619. The molecule has 1 amide bonds. The lowest BCUT2D eigenvalue weighted by Crippen LogP contribution is -2.54. The second-order valence-corrected chi connectivity index (χ2v) is 7.12. The van der Waals surface area contributed by atoms with E-state index in [9.17, 15) is 4.79 Å². The summed E-state index contributed by atoms with van der Waals surface area (Å²) >= 11 is 0. The van der Waals surface area contributed by atoms with E-state index in [1.165, 1.54) is 5.56 Å². The summed E-state index contributed by atoms with van der Waals surface area (Å²) in [6, 6.07) is 8.30. The zero-order chi connectivity index (χ0) is 21.2. The van der Waals surface area contributed by atoms with Gasteiger partial charge in [-0.1, -0.05) is 12.1 Å². The summed E-state index contributed by atoms with van der Waals surface area (Å²) in [6.45, 7) is 8.48. The summed E-state index contributed by atoms with van der Waals surface area (Å²) in [7, 11) is 5.80. The molecule has 1 atom stereocenters. The lowest BCUT2D eigenvalue weighted by Gasteiger charge is -2.36. The van der Waals surface area contributed by atoms with Crippen LogP contribution in [0.5, 0.6) is 5.75 Å². The molecule has 1 fully saturated rings. The van der Waals surface area contributed by atoms with Crippen molar-refractivity contribution < 1.29 is 14.3 Å². The van der Waals surface area contributed by atoms with Crippen molar-refractivity contribution in [3.63, 3.8) is 0 Å². The van der Waals surface area contributed by atoms with E-state index in [0.717, 1.165) is 31.3 Å². The van der Waals surface area contributed by atoms with Gasteiger partial charge in [0.15, 0.2) is 5.96 Å². The lowest BCUT2D eigenvalue weighted by molar-refractivity contribution is 0.0914. The van der Waals surface area contributed by atoms with E-state index in [2.05, 4.69) is 48.3 Å². The third-order valence-corrected chi connectivity index (χ3v) is 4.98. The number of benzene rings is 1. The molecule has 1 aromatic rings. The van der Waals surface area contributed by atoms with Gasteiger partial charge < -0.3 is 29.5 Å². The zero-order valence-corrected chi connectivity index (χ0v) is 18.4. The molecule has 1 heterocycles. The first kappa shape index (κ1) is 22.8. The summed E-state index contributed by atoms with van der Waals surface area (Å²) in [5.41, 5.74) is 1.20. The topological polar surface area (TPSA) is 69.6 Å². The van der Waals surface area contributed by atoms with Gasteiger partial charge in [-0.05, 0) is 45.6 Å². The average molecular weight is 406 g/mol. The van der Waals surface area contributed by atoms with E-state index < -0.39 is 0 Å². The molecule has 1 saturated heterocycles. The normalized spacial score (nSPS) is 16.0. The summed E-state index contributed by atoms with van der Waals surface area (Å²) in [6.07, 6.45) is -0.235. The maximum Gasteiger partial charge on any atom is 0.409 e. The van der Waals surface area contributed by atoms with Gasteiger partial charge in [0.1, 0.15) is 5.75 Å². The van der Waals surface area contributed by atoms with Crippen LogP contribution in [0.1, 0.15) is 25.5 Å². The molecule has 8 heteroatoms. The maximum absolute atomic E-state index is 11.9. The molecule has 0 aliphatic carbocycles. The standard InChI is InChI=1S/C21H35N5O3/c1-6-22-20(25-12-14-26(15-13-25)21(27)29-7-2)23-16-19(24(3)4)17-8-10-18(28-5)11-9-17/h8-11,19H,6-7,12-16H2,1-5H3,(H,22,23). The predicted molar refractivity (Wildman–Crippen MR) is 116 cm³/mol. The Morgan fingerprint density at radius 3 is 2.28 bits per heavy atom. The van der Waals surface area contributed by atoms with E-state index in [0.29, 0.717) is 26.2 Å². The molecule has 2 rings (SSSR count). The molecule has 162 valence electrons. The number of nitrogens with one attached hydrogen (secondary N) is 1. The van der Waals surface area contributed by atoms with Crippen LogP contribution in [0.15, 0.2) is 29.3 Å². The first-order chi connectivity index (χ1) is 14.0. The monoisotopic (exact) mass is 405 g/mol. The van der Waals surface area contributed by atoms with Gasteiger partial charge in [0.2, 0.25) is 0 Å². The Kier molecular flexibility index (Phi) is 9.05. The van der Waals surface area contributed by atoms with Crippen molar-refractivity contribution in [1.82, 2.24) is 20.0 Å². The minimum atomic E-state index is -0.235. The number of hydrogen-bond acceptors (Lipinski definition) is 5. The number of carbonyl (C=O) groups is 1. The number of piperazine rings is 1. The molecular formula is C21H35N5O3. The quantitative estimate of drug-likeness (QED) is 0.553. The average Bonchev–Trinajstić information content (AvgIpc) is 2.73. The second kappa shape index (κ2) is 11.5. The summed E-state index contributed by atoms with van der Waals surface area (Å²) in [5, 5.41) is 3.39. The van der Waals surface area contributed by atoms with Gasteiger partial charge in [0, 0.05) is 32.7 Å². The van der Waals surface area contributed by atoms with Crippen LogP contribution >= 0.6 is 0 Å². The molecule has 1 N–H and O–H groups in total. The van der Waals surface area contributed by atoms with Crippen molar-refractivity contribution in [2.45, 2.75) is 19.9 Å². The van der Waals surface area contributed by atoms with Gasteiger partial charge in [0.05, 0.1) is 26.3 Å². The molecule has 8 nitrogen and oxygen atoms in total. The number of rotatable bonds is 7. The van der Waals surface area contributed by atoms with Crippen LogP contribution in [0.25, 0.3) is 0 Å². The van der Waals surface area contributed by atoms with E-state index in [-0.39, 0.29) is 12.1 Å². The smallest absolute Gasteiger partial charge is 0.409 e. The van der Waals surface area contributed by atoms with Crippen molar-refractivity contribution >= 4 is 12.1 Å². The summed E-state index contributed by atoms with van der Waals surface area (Å²) in [4.78, 5) is 23.0. The number of amides is 1. The SMILES string of the molecule is CCNC(=NCC(c1ccc(OC)cc1)N(C)C)N1CCN(C(=O)OCC)CC1. The molecule has 0 aromatic heterocycles. The second-order valence-electron chi connectivity index (χ2n) is 7.12. The third-order valence-electron chi connectivity index (χ3n) is 4.98. The van der Waals surface area contributed by atoms with Crippen LogP contribution in [0.4, 0.5) is 4.79 Å². The zero-order valence-electron chi connectivity index (χ0n) is 18.4. The lowest BCUT2D eigenvalue weighted by atomic mass is 10.1. The minimum absolute atomic E-state index is 0.162. The molecular weight excluding hydrogens is 370 g/mol. The number of ether oxygens (including phenoxy) is 2. The Balaban J connectivity index is 2.05. The van der Waals surface area contributed by atoms with Gasteiger partial charge in [-0.3, -0.25) is 4.99 Å². The fourth-order valence-electron chi connectivity index (χ4n) is 3.31. The summed E-state index contributed by atoms with van der Waals surface area (Å²) in [5.74, 6) is 1.74. The molecule has 0 spiro atoms. The van der Waals surface area contributed by atoms with Crippen molar-refractivity contribution in [3.05, 3.63) is 29.8 Å². The minimum Gasteiger partial charge on any atom is -0.497 e. The number of aliphatic imine (C=N–C) groups is 1. The van der Waals surface area contributed by atoms with Crippen LogP contribution in [0, 0.1) is 0 Å². The Bertz CT molecular complexity index is 655. The van der Waals surface area contributed by atoms with Crippen LogP contribution in [0.2, 0.25) is 0 Å². The van der Waals surface area contributed by atoms with Crippen molar-refractivity contribution in [2.75, 3.05) is 67.1 Å². The highest BCUT2D eigenvalue weighted by Crippen LogP contribution is 2.21. The Labute approximate surface area is 174 Å². The van der Waals surface area contributed by atoms with Crippen LogP contribution < -0.4 is 10.1 Å². The molecule has 1 aliphatic rings. The molecule has 1 unspecified atom stereocenters. The van der Waals surface area contributed by atoms with E-state index >= 15 is 0 Å².